The first kappa shape index (κ1) is 37.8. The van der Waals surface area contributed by atoms with Crippen molar-refractivity contribution in [2.45, 2.75) is 0 Å². The van der Waals surface area contributed by atoms with Gasteiger partial charge >= 0.3 is 0 Å². The minimum atomic E-state index is 0. The van der Waals surface area contributed by atoms with Gasteiger partial charge in [0.05, 0.1) is 0 Å². The van der Waals surface area contributed by atoms with Gasteiger partial charge in [-0.2, -0.15) is 0 Å². The van der Waals surface area contributed by atoms with E-state index in [2.05, 4.69) is 13.5 Å². The van der Waals surface area contributed by atoms with Crippen LogP contribution in [0.15, 0.2) is 12.7 Å². The molecule has 0 aromatic heterocycles. The van der Waals surface area contributed by atoms with E-state index in [0.717, 1.165) is 0 Å². The van der Waals surface area contributed by atoms with E-state index in [1.165, 1.54) is 6.08 Å². The summed E-state index contributed by atoms with van der Waals surface area (Å²) in [6.07, 6.45) is 1.50. The van der Waals surface area contributed by atoms with Crippen molar-refractivity contribution < 1.29 is 65.4 Å². The second-order valence-corrected chi connectivity index (χ2v) is 0.289. The van der Waals surface area contributed by atoms with Gasteiger partial charge in [0.25, 0.3) is 0 Å². The molecule has 0 saturated carbocycles. The molecule has 2 radical (unpaired) electrons. The molecule has 0 saturated heterocycles. The van der Waals surface area contributed by atoms with Gasteiger partial charge in [-0.15, -0.1) is 0 Å². The van der Waals surface area contributed by atoms with Crippen molar-refractivity contribution in [2.75, 3.05) is 0 Å². The largest absolute Gasteiger partial charge is 0.358 e. The van der Waals surface area contributed by atoms with Crippen molar-refractivity contribution in [3.8, 4) is 0 Å². The molecule has 0 rings (SSSR count). The minimum absolute atomic E-state index is 0. The van der Waals surface area contributed by atoms with Crippen LogP contribution in [0.5, 0.6) is 0 Å². The summed E-state index contributed by atoms with van der Waals surface area (Å²) < 4.78 is 0. The Morgan fingerprint density at radius 1 is 1.29 bits per heavy atom. The third kappa shape index (κ3) is 87.3. The molecule has 7 heavy (non-hydrogen) atoms. The van der Waals surface area contributed by atoms with Crippen molar-refractivity contribution in [1.29, 1.82) is 0 Å². The summed E-state index contributed by atoms with van der Waals surface area (Å²) in [7, 11) is 0. The Morgan fingerprint density at radius 3 is 1.29 bits per heavy atom. The smallest absolute Gasteiger partial charge is 0.0467 e. The van der Waals surface area contributed by atoms with Crippen LogP contribution in [0.25, 0.3) is 0 Å². The van der Waals surface area contributed by atoms with E-state index in [9.17, 15) is 0 Å². The van der Waals surface area contributed by atoms with Crippen LogP contribution >= 0.6 is 0 Å². The van der Waals surface area contributed by atoms with E-state index < -0.39 is 0 Å². The van der Waals surface area contributed by atoms with Gasteiger partial charge in [0, 0.05) is 72.8 Å². The van der Waals surface area contributed by atoms with Gasteiger partial charge in [0.1, 0.15) is 0 Å². The number of rotatable bonds is 0. The van der Waals surface area contributed by atoms with E-state index in [0.29, 0.717) is 0 Å². The van der Waals surface area contributed by atoms with Crippen LogP contribution in [-0.2, 0) is 65.4 Å². The summed E-state index contributed by atoms with van der Waals surface area (Å²) in [5, 5.41) is 0. The molecule has 0 spiro atoms. The maximum absolute atomic E-state index is 3.25. The van der Waals surface area contributed by atoms with Crippen LogP contribution in [0.2, 0.25) is 0 Å². The molecule has 0 unspecified atom stereocenters. The standard InChI is InChI=1S/C3H5.2CH3.2Y/c1-3-2;;;;/h3H,1-2H2;2*1H3;;/q2*-1;+1;;. The van der Waals surface area contributed by atoms with E-state index >= 15 is 0 Å². The fraction of sp³-hybridized carbons (Fsp3) is 0. The molecule has 0 heterocycles. The summed E-state index contributed by atoms with van der Waals surface area (Å²) in [4.78, 5) is 0. The predicted molar refractivity (Wildman–Crippen MR) is 28.4 cm³/mol. The van der Waals surface area contributed by atoms with Crippen molar-refractivity contribution in [2.24, 2.45) is 0 Å². The Hall–Kier alpha value is 1.69. The van der Waals surface area contributed by atoms with Crippen LogP contribution < -0.4 is 0 Å². The molecule has 0 aliphatic carbocycles. The number of hydrogen-bond acceptors (Lipinski definition) is 0. The molecule has 0 aliphatic rings. The second kappa shape index (κ2) is 47.6. The Morgan fingerprint density at radius 2 is 1.29 bits per heavy atom. The van der Waals surface area contributed by atoms with Crippen LogP contribution in [0.1, 0.15) is 0 Å². The van der Waals surface area contributed by atoms with Crippen LogP contribution in [0.4, 0.5) is 0 Å². The first-order valence-corrected chi connectivity index (χ1v) is 0.816. The molecule has 0 aliphatic heterocycles. The topological polar surface area (TPSA) is 0 Å². The van der Waals surface area contributed by atoms with Crippen molar-refractivity contribution in [1.82, 2.24) is 0 Å². The molecular weight excluding hydrogens is 238 g/mol. The fourth-order valence-corrected chi connectivity index (χ4v) is 0. The summed E-state index contributed by atoms with van der Waals surface area (Å²) in [5.41, 5.74) is 0. The summed E-state index contributed by atoms with van der Waals surface area (Å²) in [5.74, 6) is 0. The molecule has 0 bridgehead atoms. The van der Waals surface area contributed by atoms with Gasteiger partial charge in [0.15, 0.2) is 0 Å². The molecular formula is C5H11Y2-. The monoisotopic (exact) mass is 249 g/mol. The van der Waals surface area contributed by atoms with Gasteiger partial charge in [0.2, 0.25) is 0 Å². The first-order valence-electron chi connectivity index (χ1n) is 0.816. The van der Waals surface area contributed by atoms with Crippen LogP contribution in [-0.4, -0.2) is 0 Å². The quantitative estimate of drug-likeness (QED) is 0.575. The summed E-state index contributed by atoms with van der Waals surface area (Å²) in [6, 6.07) is 0. The maximum Gasteiger partial charge on any atom is 0.0467 e. The summed E-state index contributed by atoms with van der Waals surface area (Å²) >= 11 is 0. The van der Waals surface area contributed by atoms with E-state index in [1.54, 1.807) is 0 Å². The van der Waals surface area contributed by atoms with Crippen molar-refractivity contribution in [3.05, 3.63) is 34.4 Å². The Labute approximate surface area is 98.3 Å². The predicted octanol–water partition coefficient (Wildman–Crippen LogP) is 1.90. The zero-order valence-electron chi connectivity index (χ0n) is 5.15. The third-order valence-corrected chi connectivity index (χ3v) is 0. The van der Waals surface area contributed by atoms with Gasteiger partial charge in [-0.3, -0.25) is 0 Å². The van der Waals surface area contributed by atoms with Crippen LogP contribution in [0.3, 0.4) is 0 Å². The first-order chi connectivity index (χ1) is 1.41. The second-order valence-electron chi connectivity index (χ2n) is 0.289. The van der Waals surface area contributed by atoms with Crippen molar-refractivity contribution in [3.63, 3.8) is 0 Å². The maximum atomic E-state index is 3.25. The Balaban J connectivity index is -0.00000000333. The van der Waals surface area contributed by atoms with E-state index in [-0.39, 0.29) is 80.3 Å². The zero-order valence-corrected chi connectivity index (χ0v) is 10.8. The summed E-state index contributed by atoms with van der Waals surface area (Å²) in [6.45, 7) is 6.50. The fourth-order valence-electron chi connectivity index (χ4n) is 0. The normalized spacial score (nSPS) is 1.71. The minimum Gasteiger partial charge on any atom is -0.358 e. The van der Waals surface area contributed by atoms with E-state index in [1.807, 2.05) is 0 Å². The zero-order chi connectivity index (χ0) is 2.71. The SMILES string of the molecule is C=C[CH2-].[CH3+].[CH3-].[Y].[Y]. The molecule has 0 amide bonds. The molecule has 0 aromatic carbocycles. The van der Waals surface area contributed by atoms with Gasteiger partial charge in [-0.05, 0) is 0 Å². The molecule has 0 atom stereocenters. The van der Waals surface area contributed by atoms with Gasteiger partial charge in [-0.25, -0.2) is 19.6 Å². The van der Waals surface area contributed by atoms with Crippen molar-refractivity contribution >= 4 is 0 Å². The number of hydrogen-bond donors (Lipinski definition) is 0. The van der Waals surface area contributed by atoms with Gasteiger partial charge < -0.3 is 7.43 Å². The average molecular weight is 249 g/mol. The Bertz CT molecular complexity index is 13.6. The molecule has 0 N–H and O–H groups in total. The Kier molecular flexibility index (Phi) is 257. The van der Waals surface area contributed by atoms with E-state index in [4.69, 9.17) is 0 Å². The molecule has 38 valence electrons. The molecule has 0 aromatic rings. The van der Waals surface area contributed by atoms with Gasteiger partial charge in [-0.1, -0.05) is 0 Å². The third-order valence-electron chi connectivity index (χ3n) is 0. The molecule has 2 heteroatoms. The molecule has 0 nitrogen and oxygen atoms in total. The molecule has 0 fully saturated rings. The average Bonchev–Trinajstić information content (AvgIpc) is 0.918. The van der Waals surface area contributed by atoms with Crippen LogP contribution in [0, 0.1) is 21.8 Å². The number of allylic oxidation sites excluding steroid dienone is 1.